The highest BCUT2D eigenvalue weighted by Gasteiger charge is 2.33. The summed E-state index contributed by atoms with van der Waals surface area (Å²) in [5.41, 5.74) is -0.717. The number of hydrogen-bond donors (Lipinski definition) is 1. The molecule has 19 heavy (non-hydrogen) atoms. The predicted octanol–water partition coefficient (Wildman–Crippen LogP) is 0.672. The van der Waals surface area contributed by atoms with Gasteiger partial charge in [0.25, 0.3) is 5.95 Å². The lowest BCUT2D eigenvalue weighted by Gasteiger charge is -2.19. The fourth-order valence-corrected chi connectivity index (χ4v) is 2.23. The van der Waals surface area contributed by atoms with Crippen molar-refractivity contribution in [2.24, 2.45) is 0 Å². The molecule has 0 bridgehead atoms. The van der Waals surface area contributed by atoms with E-state index in [1.165, 1.54) is 4.68 Å². The molecule has 1 aliphatic rings. The van der Waals surface area contributed by atoms with Crippen molar-refractivity contribution in [2.75, 3.05) is 18.0 Å². The Balaban J connectivity index is 1.95. The number of anilines is 1. The number of nitrogens with zero attached hydrogens (tertiary/aromatic N) is 6. The first-order chi connectivity index (χ1) is 9.03. The Hall–Kier alpha value is -1.73. The summed E-state index contributed by atoms with van der Waals surface area (Å²) in [5.74, 6) is 0.829. The molecule has 0 amide bonds. The zero-order valence-electron chi connectivity index (χ0n) is 10.4. The van der Waals surface area contributed by atoms with Crippen LogP contribution in [0.5, 0.6) is 0 Å². The van der Waals surface area contributed by atoms with Gasteiger partial charge in [-0.15, -0.1) is 0 Å². The lowest BCUT2D eigenvalue weighted by molar-refractivity contribution is 0.0838. The highest BCUT2D eigenvalue weighted by molar-refractivity contribution is 6.28. The van der Waals surface area contributed by atoms with Crippen LogP contribution in [0, 0.1) is 0 Å². The lowest BCUT2D eigenvalue weighted by Crippen LogP contribution is -2.30. The van der Waals surface area contributed by atoms with E-state index in [0.29, 0.717) is 31.4 Å². The molecule has 1 aliphatic heterocycles. The zero-order chi connectivity index (χ0) is 13.5. The number of aromatic nitrogens is 5. The van der Waals surface area contributed by atoms with Crippen molar-refractivity contribution in [2.45, 2.75) is 18.9 Å². The first-order valence-corrected chi connectivity index (χ1v) is 6.30. The monoisotopic (exact) mass is 280 g/mol. The van der Waals surface area contributed by atoms with E-state index in [1.807, 2.05) is 4.90 Å². The van der Waals surface area contributed by atoms with E-state index >= 15 is 0 Å². The molecule has 1 fully saturated rings. The average molecular weight is 281 g/mol. The maximum atomic E-state index is 9.99. The molecule has 3 heterocycles. The van der Waals surface area contributed by atoms with Gasteiger partial charge in [0, 0.05) is 25.5 Å². The normalized spacial score (nSPS) is 23.0. The molecule has 0 aliphatic carbocycles. The highest BCUT2D eigenvalue weighted by atomic mass is 35.5. The summed E-state index contributed by atoms with van der Waals surface area (Å²) >= 11 is 5.92. The number of β-amino-alcohol motifs (C(OH)–C–C–N with tert-alkyl or cyclic N) is 1. The molecule has 100 valence electrons. The second kappa shape index (κ2) is 4.43. The fourth-order valence-electron chi connectivity index (χ4n) is 2.08. The molecule has 0 spiro atoms. The van der Waals surface area contributed by atoms with E-state index in [0.717, 1.165) is 0 Å². The minimum atomic E-state index is -0.717. The van der Waals surface area contributed by atoms with Gasteiger partial charge in [-0.25, -0.2) is 4.68 Å². The lowest BCUT2D eigenvalue weighted by atomic mass is 10.1. The predicted molar refractivity (Wildman–Crippen MR) is 69.4 cm³/mol. The maximum absolute atomic E-state index is 9.99. The molecule has 7 nitrogen and oxygen atoms in total. The van der Waals surface area contributed by atoms with E-state index in [9.17, 15) is 5.11 Å². The molecule has 8 heteroatoms. The highest BCUT2D eigenvalue weighted by Crippen LogP contribution is 2.24. The summed E-state index contributed by atoms with van der Waals surface area (Å²) in [7, 11) is 0. The van der Waals surface area contributed by atoms with Gasteiger partial charge in [0.05, 0.1) is 5.60 Å². The van der Waals surface area contributed by atoms with Gasteiger partial charge in [0.1, 0.15) is 0 Å². The van der Waals surface area contributed by atoms with Crippen molar-refractivity contribution in [1.29, 1.82) is 0 Å². The van der Waals surface area contributed by atoms with Crippen LogP contribution in [0.15, 0.2) is 18.5 Å². The summed E-state index contributed by atoms with van der Waals surface area (Å²) in [6, 6.07) is 1.78. The van der Waals surface area contributed by atoms with Crippen molar-refractivity contribution in [1.82, 2.24) is 24.7 Å². The average Bonchev–Trinajstić information content (AvgIpc) is 2.97. The van der Waals surface area contributed by atoms with Gasteiger partial charge in [-0.1, -0.05) is 0 Å². The van der Waals surface area contributed by atoms with Crippen LogP contribution in [0.1, 0.15) is 13.3 Å². The molecule has 1 N–H and O–H groups in total. The third kappa shape index (κ3) is 2.52. The van der Waals surface area contributed by atoms with E-state index in [-0.39, 0.29) is 5.28 Å². The van der Waals surface area contributed by atoms with E-state index in [2.05, 4.69) is 20.1 Å². The smallest absolute Gasteiger partial charge is 0.256 e. The van der Waals surface area contributed by atoms with Crippen molar-refractivity contribution < 1.29 is 5.11 Å². The number of halogens is 1. The first-order valence-electron chi connectivity index (χ1n) is 5.92. The number of hydrogen-bond acceptors (Lipinski definition) is 6. The Morgan fingerprint density at radius 3 is 2.74 bits per heavy atom. The second-order valence-corrected chi connectivity index (χ2v) is 5.16. The molecular formula is C11H13ClN6O. The summed E-state index contributed by atoms with van der Waals surface area (Å²) < 4.78 is 1.52. The topological polar surface area (TPSA) is 80.0 Å². The van der Waals surface area contributed by atoms with Crippen LogP contribution in [0.3, 0.4) is 0 Å². The van der Waals surface area contributed by atoms with Crippen LogP contribution < -0.4 is 4.90 Å². The van der Waals surface area contributed by atoms with Gasteiger partial charge in [-0.05, 0) is 31.0 Å². The summed E-state index contributed by atoms with van der Waals surface area (Å²) in [5, 5.41) is 14.2. The SMILES string of the molecule is CC1(O)CCN(c2nc(Cl)nc(-n3cccn3)n2)C1. The van der Waals surface area contributed by atoms with Crippen LogP contribution in [0.2, 0.25) is 5.28 Å². The van der Waals surface area contributed by atoms with Crippen LogP contribution in [0.4, 0.5) is 5.95 Å². The molecule has 0 saturated carbocycles. The molecule has 1 unspecified atom stereocenters. The largest absolute Gasteiger partial charge is 0.388 e. The quantitative estimate of drug-likeness (QED) is 0.871. The number of rotatable bonds is 2. The summed E-state index contributed by atoms with van der Waals surface area (Å²) in [6.07, 6.45) is 4.04. The van der Waals surface area contributed by atoms with Gasteiger partial charge in [0.15, 0.2) is 0 Å². The third-order valence-corrected chi connectivity index (χ3v) is 3.20. The molecule has 2 aromatic rings. The van der Waals surface area contributed by atoms with Crippen molar-refractivity contribution >= 4 is 17.5 Å². The third-order valence-electron chi connectivity index (χ3n) is 3.03. The molecule has 1 saturated heterocycles. The summed E-state index contributed by atoms with van der Waals surface area (Å²) in [4.78, 5) is 14.4. The van der Waals surface area contributed by atoms with Crippen LogP contribution in [-0.4, -0.2) is 48.5 Å². The van der Waals surface area contributed by atoms with Crippen molar-refractivity contribution in [3.8, 4) is 5.95 Å². The first kappa shape index (κ1) is 12.3. The van der Waals surface area contributed by atoms with Gasteiger partial charge in [-0.2, -0.15) is 20.1 Å². The second-order valence-electron chi connectivity index (χ2n) is 4.82. The Kier molecular flexibility index (Phi) is 2.87. The number of aliphatic hydroxyl groups is 1. The van der Waals surface area contributed by atoms with Crippen LogP contribution in [0.25, 0.3) is 5.95 Å². The minimum absolute atomic E-state index is 0.113. The standard InChI is InChI=1S/C11H13ClN6O/c1-11(19)3-6-17(7-11)9-14-8(12)15-10(16-9)18-5-2-4-13-18/h2,4-5,19H,3,6-7H2,1H3. The van der Waals surface area contributed by atoms with Gasteiger partial charge < -0.3 is 10.0 Å². The van der Waals surface area contributed by atoms with Gasteiger partial charge in [0.2, 0.25) is 11.2 Å². The molecular weight excluding hydrogens is 268 g/mol. The van der Waals surface area contributed by atoms with Crippen molar-refractivity contribution in [3.05, 3.63) is 23.7 Å². The van der Waals surface area contributed by atoms with E-state index < -0.39 is 5.60 Å². The van der Waals surface area contributed by atoms with E-state index in [4.69, 9.17) is 11.6 Å². The Bertz CT molecular complexity index is 585. The van der Waals surface area contributed by atoms with Crippen LogP contribution in [-0.2, 0) is 0 Å². The Labute approximate surface area is 114 Å². The minimum Gasteiger partial charge on any atom is -0.388 e. The molecule has 1 atom stereocenters. The molecule has 2 aromatic heterocycles. The summed E-state index contributed by atoms with van der Waals surface area (Å²) in [6.45, 7) is 2.96. The van der Waals surface area contributed by atoms with Crippen LogP contribution >= 0.6 is 11.6 Å². The van der Waals surface area contributed by atoms with Gasteiger partial charge >= 0.3 is 0 Å². The molecule has 0 radical (unpaired) electrons. The fraction of sp³-hybridized carbons (Fsp3) is 0.455. The van der Waals surface area contributed by atoms with E-state index in [1.54, 1.807) is 25.4 Å². The molecule has 3 rings (SSSR count). The maximum Gasteiger partial charge on any atom is 0.256 e. The zero-order valence-corrected chi connectivity index (χ0v) is 11.1. The van der Waals surface area contributed by atoms with Crippen molar-refractivity contribution in [3.63, 3.8) is 0 Å². The molecule has 0 aromatic carbocycles. The Morgan fingerprint density at radius 1 is 1.32 bits per heavy atom. The Morgan fingerprint density at radius 2 is 2.11 bits per heavy atom. The van der Waals surface area contributed by atoms with Gasteiger partial charge in [-0.3, -0.25) is 0 Å².